The summed E-state index contributed by atoms with van der Waals surface area (Å²) in [6.07, 6.45) is 3.57. The maximum absolute atomic E-state index is 4.44. The van der Waals surface area contributed by atoms with Crippen LogP contribution in [0.25, 0.3) is 0 Å². The molecule has 0 aromatic carbocycles. The fraction of sp³-hybridized carbons (Fsp3) is 0.364. The quantitative estimate of drug-likeness (QED) is 0.845. The van der Waals surface area contributed by atoms with E-state index in [1.54, 1.807) is 23.7 Å². The third kappa shape index (κ3) is 2.46. The lowest BCUT2D eigenvalue weighted by Crippen LogP contribution is -2.47. The predicted octanol–water partition coefficient (Wildman–Crippen LogP) is 2.02. The molecule has 7 heteroatoms. The number of rotatable bonds is 2. The first-order valence-electron chi connectivity index (χ1n) is 5.71. The molecule has 1 aliphatic heterocycles. The Bertz CT molecular complexity index is 509. The molecule has 0 radical (unpaired) electrons. The van der Waals surface area contributed by atoms with E-state index in [0.29, 0.717) is 0 Å². The van der Waals surface area contributed by atoms with E-state index < -0.39 is 0 Å². The van der Waals surface area contributed by atoms with Crippen LogP contribution in [-0.2, 0) is 0 Å². The Morgan fingerprint density at radius 1 is 1.06 bits per heavy atom. The Hall–Kier alpha value is -1.21. The minimum absolute atomic E-state index is 0.817. The van der Waals surface area contributed by atoms with Crippen LogP contribution in [0.15, 0.2) is 28.4 Å². The second-order valence-electron chi connectivity index (χ2n) is 3.98. The fourth-order valence-electron chi connectivity index (χ4n) is 1.94. The number of hydrogen-bond acceptors (Lipinski definition) is 6. The number of aromatic nitrogens is 3. The van der Waals surface area contributed by atoms with Gasteiger partial charge < -0.3 is 9.80 Å². The number of halogens is 1. The second-order valence-corrected chi connectivity index (χ2v) is 5.62. The molecule has 0 unspecified atom stereocenters. The smallest absolute Gasteiger partial charge is 0.225 e. The summed E-state index contributed by atoms with van der Waals surface area (Å²) in [6, 6.07) is 1.84. The standard InChI is InChI=1S/C11H12BrN5S/c12-9-8-18-11(15-9)17-6-4-16(5-7-17)10-13-2-1-3-14-10/h1-3,8H,4-7H2. The maximum atomic E-state index is 4.44. The van der Waals surface area contributed by atoms with Gasteiger partial charge in [-0.25, -0.2) is 15.0 Å². The van der Waals surface area contributed by atoms with Crippen LogP contribution >= 0.6 is 27.3 Å². The van der Waals surface area contributed by atoms with Crippen molar-refractivity contribution < 1.29 is 0 Å². The number of anilines is 2. The van der Waals surface area contributed by atoms with Crippen LogP contribution in [0.3, 0.4) is 0 Å². The molecule has 2 aromatic rings. The van der Waals surface area contributed by atoms with Crippen molar-refractivity contribution in [3.63, 3.8) is 0 Å². The summed E-state index contributed by atoms with van der Waals surface area (Å²) in [7, 11) is 0. The number of piperazine rings is 1. The van der Waals surface area contributed by atoms with Crippen LogP contribution < -0.4 is 9.80 Å². The lowest BCUT2D eigenvalue weighted by molar-refractivity contribution is 0.638. The molecule has 0 bridgehead atoms. The molecular formula is C11H12BrN5S. The minimum atomic E-state index is 0.817. The zero-order chi connectivity index (χ0) is 12.4. The van der Waals surface area contributed by atoms with Crippen molar-refractivity contribution in [2.75, 3.05) is 36.0 Å². The first kappa shape index (κ1) is 11.9. The third-order valence-corrected chi connectivity index (χ3v) is 4.46. The Morgan fingerprint density at radius 2 is 1.72 bits per heavy atom. The Balaban J connectivity index is 1.65. The highest BCUT2D eigenvalue weighted by molar-refractivity contribution is 9.10. The van der Waals surface area contributed by atoms with Crippen LogP contribution in [0.4, 0.5) is 11.1 Å². The highest BCUT2D eigenvalue weighted by Crippen LogP contribution is 2.24. The van der Waals surface area contributed by atoms with Gasteiger partial charge >= 0.3 is 0 Å². The fourth-order valence-corrected chi connectivity index (χ4v) is 3.25. The van der Waals surface area contributed by atoms with Crippen LogP contribution in [-0.4, -0.2) is 41.1 Å². The van der Waals surface area contributed by atoms with Gasteiger partial charge in [0.05, 0.1) is 0 Å². The first-order chi connectivity index (χ1) is 8.83. The van der Waals surface area contributed by atoms with Crippen molar-refractivity contribution in [3.8, 4) is 0 Å². The van der Waals surface area contributed by atoms with Gasteiger partial charge in [0.25, 0.3) is 0 Å². The molecule has 18 heavy (non-hydrogen) atoms. The van der Waals surface area contributed by atoms with E-state index in [4.69, 9.17) is 0 Å². The Labute approximate surface area is 118 Å². The predicted molar refractivity (Wildman–Crippen MR) is 76.3 cm³/mol. The summed E-state index contributed by atoms with van der Waals surface area (Å²) in [5.41, 5.74) is 0. The maximum Gasteiger partial charge on any atom is 0.225 e. The summed E-state index contributed by atoms with van der Waals surface area (Å²) in [6.45, 7) is 3.78. The van der Waals surface area contributed by atoms with Gasteiger partial charge in [-0.3, -0.25) is 0 Å². The zero-order valence-corrected chi connectivity index (χ0v) is 12.1. The van der Waals surface area contributed by atoms with Crippen LogP contribution in [0.2, 0.25) is 0 Å². The molecule has 0 N–H and O–H groups in total. The van der Waals surface area contributed by atoms with Gasteiger partial charge in [0, 0.05) is 44.0 Å². The van der Waals surface area contributed by atoms with E-state index in [-0.39, 0.29) is 0 Å². The molecule has 1 saturated heterocycles. The molecule has 1 aliphatic rings. The van der Waals surface area contributed by atoms with Gasteiger partial charge in [0.2, 0.25) is 5.95 Å². The molecule has 94 valence electrons. The monoisotopic (exact) mass is 325 g/mol. The van der Waals surface area contributed by atoms with Crippen molar-refractivity contribution in [1.29, 1.82) is 0 Å². The molecule has 0 atom stereocenters. The van der Waals surface area contributed by atoms with Gasteiger partial charge in [-0.1, -0.05) is 0 Å². The molecule has 0 aliphatic carbocycles. The SMILES string of the molecule is Brc1csc(N2CCN(c3ncccn3)CC2)n1. The number of hydrogen-bond donors (Lipinski definition) is 0. The molecular weight excluding hydrogens is 314 g/mol. The average molecular weight is 326 g/mol. The van der Waals surface area contributed by atoms with E-state index in [1.807, 2.05) is 11.4 Å². The summed E-state index contributed by atoms with van der Waals surface area (Å²) < 4.78 is 0.913. The van der Waals surface area contributed by atoms with Crippen LogP contribution in [0, 0.1) is 0 Å². The van der Waals surface area contributed by atoms with Gasteiger partial charge in [-0.2, -0.15) is 0 Å². The average Bonchev–Trinajstić information content (AvgIpc) is 2.87. The van der Waals surface area contributed by atoms with Gasteiger partial charge in [0.15, 0.2) is 5.13 Å². The Kier molecular flexibility index (Phi) is 3.42. The lowest BCUT2D eigenvalue weighted by Gasteiger charge is -2.34. The molecule has 0 saturated carbocycles. The molecule has 0 spiro atoms. The zero-order valence-electron chi connectivity index (χ0n) is 9.66. The highest BCUT2D eigenvalue weighted by Gasteiger charge is 2.20. The van der Waals surface area contributed by atoms with Crippen molar-refractivity contribution in [1.82, 2.24) is 15.0 Å². The van der Waals surface area contributed by atoms with Gasteiger partial charge in [-0.05, 0) is 22.0 Å². The van der Waals surface area contributed by atoms with E-state index in [2.05, 4.69) is 40.7 Å². The van der Waals surface area contributed by atoms with E-state index in [9.17, 15) is 0 Å². The molecule has 2 aromatic heterocycles. The van der Waals surface area contributed by atoms with Crippen LogP contribution in [0.1, 0.15) is 0 Å². The molecule has 0 amide bonds. The molecule has 1 fully saturated rings. The molecule has 3 rings (SSSR count). The van der Waals surface area contributed by atoms with E-state index in [0.717, 1.165) is 41.9 Å². The lowest BCUT2D eigenvalue weighted by atomic mass is 10.3. The minimum Gasteiger partial charge on any atom is -0.345 e. The van der Waals surface area contributed by atoms with E-state index in [1.165, 1.54) is 0 Å². The first-order valence-corrected chi connectivity index (χ1v) is 7.38. The van der Waals surface area contributed by atoms with Crippen molar-refractivity contribution in [2.24, 2.45) is 0 Å². The van der Waals surface area contributed by atoms with Crippen molar-refractivity contribution in [2.45, 2.75) is 0 Å². The summed E-state index contributed by atoms with van der Waals surface area (Å²) >= 11 is 5.06. The second kappa shape index (κ2) is 5.19. The Morgan fingerprint density at radius 3 is 2.33 bits per heavy atom. The van der Waals surface area contributed by atoms with Crippen molar-refractivity contribution in [3.05, 3.63) is 28.4 Å². The summed E-state index contributed by atoms with van der Waals surface area (Å²) in [5.74, 6) is 0.817. The van der Waals surface area contributed by atoms with Gasteiger partial charge in [-0.15, -0.1) is 11.3 Å². The van der Waals surface area contributed by atoms with E-state index >= 15 is 0 Å². The molecule has 3 heterocycles. The van der Waals surface area contributed by atoms with Crippen LogP contribution in [0.5, 0.6) is 0 Å². The largest absolute Gasteiger partial charge is 0.345 e. The number of thiazole rings is 1. The van der Waals surface area contributed by atoms with Gasteiger partial charge in [0.1, 0.15) is 4.60 Å². The van der Waals surface area contributed by atoms with Crippen molar-refractivity contribution >= 4 is 38.3 Å². The normalized spacial score (nSPS) is 16.1. The third-order valence-electron chi connectivity index (χ3n) is 2.85. The highest BCUT2D eigenvalue weighted by atomic mass is 79.9. The summed E-state index contributed by atoms with van der Waals surface area (Å²) in [5, 5.41) is 3.10. The summed E-state index contributed by atoms with van der Waals surface area (Å²) in [4.78, 5) is 17.5. The topological polar surface area (TPSA) is 45.2 Å². The number of nitrogens with zero attached hydrogens (tertiary/aromatic N) is 5. The molecule has 5 nitrogen and oxygen atoms in total.